The number of hydrogen-bond donors (Lipinski definition) is 1. The van der Waals surface area contributed by atoms with Crippen molar-refractivity contribution in [2.24, 2.45) is 0 Å². The van der Waals surface area contributed by atoms with Crippen molar-refractivity contribution < 1.29 is 14.7 Å². The number of aromatic nitrogens is 1. The molecule has 0 radical (unpaired) electrons. The molecule has 4 nitrogen and oxygen atoms in total. The van der Waals surface area contributed by atoms with Gasteiger partial charge in [-0.1, -0.05) is 54.1 Å². The van der Waals surface area contributed by atoms with Gasteiger partial charge in [0.1, 0.15) is 0 Å². The van der Waals surface area contributed by atoms with Crippen LogP contribution in [-0.2, 0) is 11.2 Å². The van der Waals surface area contributed by atoms with Crippen LogP contribution in [0.3, 0.4) is 0 Å². The molecule has 0 aliphatic heterocycles. The standard InChI is InChI=1S/C24H18ClNO3/c25-19-13-12-16(14-6-1-2-7-15(14)19)23(27)26-20-10-4-3-8-17(20)22-18(24(28)29)9-5-11-21(22)26/h1-4,6-8,10,12-13,18H,5,9,11H2,(H,28,29). The Bertz CT molecular complexity index is 1300. The molecule has 1 atom stereocenters. The van der Waals surface area contributed by atoms with Crippen molar-refractivity contribution in [2.45, 2.75) is 25.2 Å². The van der Waals surface area contributed by atoms with Crippen molar-refractivity contribution in [1.29, 1.82) is 0 Å². The highest BCUT2D eigenvalue weighted by molar-refractivity contribution is 6.36. The first-order valence-corrected chi connectivity index (χ1v) is 10.0. The van der Waals surface area contributed by atoms with E-state index in [4.69, 9.17) is 11.6 Å². The van der Waals surface area contributed by atoms with E-state index in [-0.39, 0.29) is 5.91 Å². The molecule has 1 aliphatic rings. The van der Waals surface area contributed by atoms with Crippen LogP contribution in [0.25, 0.3) is 21.7 Å². The number of carbonyl (C=O) groups is 2. The lowest BCUT2D eigenvalue weighted by Gasteiger charge is -2.21. The van der Waals surface area contributed by atoms with Gasteiger partial charge in [-0.05, 0) is 48.4 Å². The number of aliphatic carboxylic acids is 1. The maximum Gasteiger partial charge on any atom is 0.311 e. The number of fused-ring (bicyclic) bond motifs is 4. The van der Waals surface area contributed by atoms with Crippen molar-refractivity contribution in [3.05, 3.63) is 82.5 Å². The topological polar surface area (TPSA) is 59.3 Å². The largest absolute Gasteiger partial charge is 0.481 e. The molecule has 5 heteroatoms. The number of carboxylic acid groups (broad SMARTS) is 1. The van der Waals surface area contributed by atoms with Crippen LogP contribution >= 0.6 is 11.6 Å². The molecule has 1 aliphatic carbocycles. The highest BCUT2D eigenvalue weighted by Gasteiger charge is 2.33. The molecule has 0 fully saturated rings. The van der Waals surface area contributed by atoms with Crippen LogP contribution in [0, 0.1) is 0 Å². The number of benzene rings is 3. The molecular weight excluding hydrogens is 386 g/mol. The van der Waals surface area contributed by atoms with E-state index in [0.29, 0.717) is 23.4 Å². The molecule has 0 saturated carbocycles. The Morgan fingerprint density at radius 3 is 2.38 bits per heavy atom. The van der Waals surface area contributed by atoms with Crippen LogP contribution < -0.4 is 0 Å². The van der Waals surface area contributed by atoms with Gasteiger partial charge in [0, 0.05) is 27.1 Å². The zero-order valence-electron chi connectivity index (χ0n) is 15.6. The van der Waals surface area contributed by atoms with Gasteiger partial charge >= 0.3 is 5.97 Å². The van der Waals surface area contributed by atoms with E-state index < -0.39 is 11.9 Å². The smallest absolute Gasteiger partial charge is 0.311 e. The van der Waals surface area contributed by atoms with Crippen molar-refractivity contribution >= 4 is 45.2 Å². The highest BCUT2D eigenvalue weighted by atomic mass is 35.5. The lowest BCUT2D eigenvalue weighted by Crippen LogP contribution is -2.21. The van der Waals surface area contributed by atoms with Gasteiger partial charge in [-0.15, -0.1) is 0 Å². The number of hydrogen-bond acceptors (Lipinski definition) is 2. The summed E-state index contributed by atoms with van der Waals surface area (Å²) in [5.74, 6) is -1.57. The molecule has 4 aromatic rings. The highest BCUT2D eigenvalue weighted by Crippen LogP contribution is 2.40. The van der Waals surface area contributed by atoms with Crippen LogP contribution in [-0.4, -0.2) is 21.6 Å². The number of nitrogens with zero attached hydrogens (tertiary/aromatic N) is 1. The molecule has 1 unspecified atom stereocenters. The molecular formula is C24H18ClNO3. The maximum absolute atomic E-state index is 13.8. The Kier molecular flexibility index (Phi) is 4.18. The van der Waals surface area contributed by atoms with Crippen molar-refractivity contribution in [1.82, 2.24) is 4.57 Å². The van der Waals surface area contributed by atoms with Crippen LogP contribution in [0.1, 0.15) is 40.4 Å². The average Bonchev–Trinajstić information content (AvgIpc) is 3.08. The summed E-state index contributed by atoms with van der Waals surface area (Å²) < 4.78 is 1.72. The summed E-state index contributed by atoms with van der Waals surface area (Å²) in [6.07, 6.45) is 2.02. The van der Waals surface area contributed by atoms with Gasteiger partial charge in [0.15, 0.2) is 0 Å². The summed E-state index contributed by atoms with van der Waals surface area (Å²) in [6, 6.07) is 18.7. The van der Waals surface area contributed by atoms with Crippen LogP contribution in [0.4, 0.5) is 0 Å². The average molecular weight is 404 g/mol. The van der Waals surface area contributed by atoms with Crippen molar-refractivity contribution in [3.63, 3.8) is 0 Å². The third-order valence-electron chi connectivity index (χ3n) is 5.87. The summed E-state index contributed by atoms with van der Waals surface area (Å²) in [5, 5.41) is 12.8. The second kappa shape index (κ2) is 6.75. The number of para-hydroxylation sites is 1. The second-order valence-corrected chi connectivity index (χ2v) is 7.85. The van der Waals surface area contributed by atoms with E-state index in [1.165, 1.54) is 0 Å². The molecule has 0 amide bonds. The molecule has 144 valence electrons. The fraction of sp³-hybridized carbons (Fsp3) is 0.167. The Morgan fingerprint density at radius 1 is 0.931 bits per heavy atom. The number of carbonyl (C=O) groups excluding carboxylic acids is 1. The van der Waals surface area contributed by atoms with Crippen molar-refractivity contribution in [2.75, 3.05) is 0 Å². The first-order chi connectivity index (χ1) is 14.1. The van der Waals surface area contributed by atoms with Gasteiger partial charge in [0.05, 0.1) is 11.4 Å². The molecule has 3 aromatic carbocycles. The molecule has 1 N–H and O–H groups in total. The number of carboxylic acids is 1. The molecule has 1 aromatic heterocycles. The Hall–Kier alpha value is -3.11. The zero-order valence-corrected chi connectivity index (χ0v) is 16.3. The molecule has 29 heavy (non-hydrogen) atoms. The summed E-state index contributed by atoms with van der Waals surface area (Å²) >= 11 is 6.34. The third-order valence-corrected chi connectivity index (χ3v) is 6.20. The predicted octanol–water partition coefficient (Wildman–Crippen LogP) is 5.64. The number of rotatable bonds is 2. The Labute approximate surface area is 172 Å². The zero-order chi connectivity index (χ0) is 20.1. The van der Waals surface area contributed by atoms with Crippen LogP contribution in [0.15, 0.2) is 60.7 Å². The minimum atomic E-state index is -0.835. The van der Waals surface area contributed by atoms with Crippen molar-refractivity contribution in [3.8, 4) is 0 Å². The predicted molar refractivity (Wildman–Crippen MR) is 114 cm³/mol. The second-order valence-electron chi connectivity index (χ2n) is 7.44. The van der Waals surface area contributed by atoms with Gasteiger partial charge in [0.25, 0.3) is 5.91 Å². The summed E-state index contributed by atoms with van der Waals surface area (Å²) in [7, 11) is 0. The van der Waals surface area contributed by atoms with E-state index in [1.807, 2.05) is 48.5 Å². The third kappa shape index (κ3) is 2.67. The quantitative estimate of drug-likeness (QED) is 0.471. The Morgan fingerprint density at radius 2 is 1.62 bits per heavy atom. The molecule has 0 spiro atoms. The van der Waals surface area contributed by atoms with Crippen LogP contribution in [0.2, 0.25) is 5.02 Å². The summed E-state index contributed by atoms with van der Waals surface area (Å²) in [6.45, 7) is 0. The van der Waals surface area contributed by atoms with Crippen LogP contribution in [0.5, 0.6) is 0 Å². The monoisotopic (exact) mass is 403 g/mol. The molecule has 0 bridgehead atoms. The first-order valence-electron chi connectivity index (χ1n) is 9.65. The summed E-state index contributed by atoms with van der Waals surface area (Å²) in [4.78, 5) is 25.7. The van der Waals surface area contributed by atoms with Gasteiger partial charge in [0.2, 0.25) is 0 Å². The first kappa shape index (κ1) is 18.0. The lowest BCUT2D eigenvalue weighted by atomic mass is 9.85. The molecule has 5 rings (SSSR count). The van der Waals surface area contributed by atoms with Gasteiger partial charge < -0.3 is 5.11 Å². The Balaban J connectivity index is 1.80. The SMILES string of the molecule is O=C(O)C1CCCc2c1c1ccccc1n2C(=O)c1ccc(Cl)c2ccccc12. The van der Waals surface area contributed by atoms with Gasteiger partial charge in [-0.25, -0.2) is 0 Å². The fourth-order valence-corrected chi connectivity index (χ4v) is 4.85. The van der Waals surface area contributed by atoms with E-state index in [9.17, 15) is 14.7 Å². The number of halogens is 1. The minimum absolute atomic E-state index is 0.152. The van der Waals surface area contributed by atoms with Gasteiger partial charge in [-0.2, -0.15) is 0 Å². The molecule has 0 saturated heterocycles. The normalized spacial score (nSPS) is 16.1. The van der Waals surface area contributed by atoms with Gasteiger partial charge in [-0.3, -0.25) is 14.2 Å². The lowest BCUT2D eigenvalue weighted by molar-refractivity contribution is -0.139. The molecule has 1 heterocycles. The van der Waals surface area contributed by atoms with E-state index in [2.05, 4.69) is 0 Å². The maximum atomic E-state index is 13.8. The van der Waals surface area contributed by atoms with E-state index >= 15 is 0 Å². The van der Waals surface area contributed by atoms with E-state index in [0.717, 1.165) is 39.4 Å². The minimum Gasteiger partial charge on any atom is -0.481 e. The fourth-order valence-electron chi connectivity index (χ4n) is 4.62. The summed E-state index contributed by atoms with van der Waals surface area (Å²) in [5.41, 5.74) is 2.92. The van der Waals surface area contributed by atoms with E-state index in [1.54, 1.807) is 16.7 Å².